The summed E-state index contributed by atoms with van der Waals surface area (Å²) in [6.07, 6.45) is 0.813. The molecule has 98 valence electrons. The van der Waals surface area contributed by atoms with Crippen molar-refractivity contribution < 1.29 is 4.74 Å². The largest absolute Gasteiger partial charge is 0.496 e. The Morgan fingerprint density at radius 1 is 1.50 bits per heavy atom. The van der Waals surface area contributed by atoms with Gasteiger partial charge in [-0.25, -0.2) is 0 Å². The van der Waals surface area contributed by atoms with Gasteiger partial charge in [0, 0.05) is 11.6 Å². The summed E-state index contributed by atoms with van der Waals surface area (Å²) in [5.41, 5.74) is 2.12. The number of benzene rings is 1. The van der Waals surface area contributed by atoms with Gasteiger partial charge in [0.15, 0.2) is 0 Å². The van der Waals surface area contributed by atoms with E-state index in [2.05, 4.69) is 6.07 Å². The molecule has 0 aliphatic rings. The van der Waals surface area contributed by atoms with Gasteiger partial charge in [0.25, 0.3) is 0 Å². The SMILES string of the molecule is COc1c(C)cc(Cl)cc1CCN(C)C(C)C#N. The smallest absolute Gasteiger partial charge is 0.125 e. The standard InChI is InChI=1S/C14H19ClN2O/c1-10-7-13(15)8-12(14(10)18-4)5-6-17(3)11(2)9-16/h7-8,11H,5-6H2,1-4H3. The van der Waals surface area contributed by atoms with Gasteiger partial charge in [0.2, 0.25) is 0 Å². The zero-order valence-electron chi connectivity index (χ0n) is 11.3. The zero-order valence-corrected chi connectivity index (χ0v) is 12.1. The van der Waals surface area contributed by atoms with E-state index in [4.69, 9.17) is 21.6 Å². The van der Waals surface area contributed by atoms with E-state index in [1.807, 2.05) is 37.9 Å². The third-order valence-corrected chi connectivity index (χ3v) is 3.32. The molecule has 0 bridgehead atoms. The molecule has 1 atom stereocenters. The Hall–Kier alpha value is -1.24. The van der Waals surface area contributed by atoms with E-state index in [-0.39, 0.29) is 6.04 Å². The van der Waals surface area contributed by atoms with Gasteiger partial charge in [-0.2, -0.15) is 5.26 Å². The summed E-state index contributed by atoms with van der Waals surface area (Å²) in [6.45, 7) is 4.67. The number of rotatable bonds is 5. The quantitative estimate of drug-likeness (QED) is 0.822. The fourth-order valence-electron chi connectivity index (χ4n) is 1.87. The van der Waals surface area contributed by atoms with Crippen LogP contribution in [0.3, 0.4) is 0 Å². The lowest BCUT2D eigenvalue weighted by molar-refractivity contribution is 0.304. The summed E-state index contributed by atoms with van der Waals surface area (Å²) >= 11 is 6.06. The molecule has 0 heterocycles. The molecule has 4 heteroatoms. The van der Waals surface area contributed by atoms with Crippen LogP contribution in [-0.4, -0.2) is 31.6 Å². The number of hydrogen-bond acceptors (Lipinski definition) is 3. The predicted molar refractivity (Wildman–Crippen MR) is 74.2 cm³/mol. The van der Waals surface area contributed by atoms with Crippen LogP contribution in [0, 0.1) is 18.3 Å². The van der Waals surface area contributed by atoms with Gasteiger partial charge >= 0.3 is 0 Å². The second kappa shape index (κ2) is 6.63. The normalized spacial score (nSPS) is 12.3. The number of methoxy groups -OCH3 is 1. The first kappa shape index (κ1) is 14.8. The summed E-state index contributed by atoms with van der Waals surface area (Å²) in [6, 6.07) is 5.96. The highest BCUT2D eigenvalue weighted by Gasteiger charge is 2.11. The molecule has 18 heavy (non-hydrogen) atoms. The van der Waals surface area contributed by atoms with Crippen LogP contribution in [0.2, 0.25) is 5.02 Å². The van der Waals surface area contributed by atoms with Crippen LogP contribution >= 0.6 is 11.6 Å². The Kier molecular flexibility index (Phi) is 5.46. The van der Waals surface area contributed by atoms with Crippen LogP contribution in [0.15, 0.2) is 12.1 Å². The van der Waals surface area contributed by atoms with Crippen LogP contribution in [-0.2, 0) is 6.42 Å². The second-order valence-electron chi connectivity index (χ2n) is 4.45. The molecule has 0 saturated heterocycles. The van der Waals surface area contributed by atoms with E-state index < -0.39 is 0 Å². The topological polar surface area (TPSA) is 36.3 Å². The monoisotopic (exact) mass is 266 g/mol. The van der Waals surface area contributed by atoms with Crippen molar-refractivity contribution in [2.24, 2.45) is 0 Å². The van der Waals surface area contributed by atoms with Crippen LogP contribution in [0.5, 0.6) is 5.75 Å². The minimum atomic E-state index is -0.0868. The number of halogens is 1. The summed E-state index contributed by atoms with van der Waals surface area (Å²) in [5, 5.41) is 9.58. The van der Waals surface area contributed by atoms with Crippen molar-refractivity contribution in [3.63, 3.8) is 0 Å². The fourth-order valence-corrected chi connectivity index (χ4v) is 2.16. The Bertz CT molecular complexity index is 454. The first-order chi connectivity index (χ1) is 8.49. The van der Waals surface area contributed by atoms with Crippen molar-refractivity contribution in [1.29, 1.82) is 5.26 Å². The summed E-state index contributed by atoms with van der Waals surface area (Å²) in [4.78, 5) is 2.01. The Morgan fingerprint density at radius 2 is 2.17 bits per heavy atom. The summed E-state index contributed by atoms with van der Waals surface area (Å²) < 4.78 is 5.41. The lowest BCUT2D eigenvalue weighted by atomic mass is 10.1. The van der Waals surface area contributed by atoms with Crippen molar-refractivity contribution in [2.75, 3.05) is 20.7 Å². The maximum absolute atomic E-state index is 8.85. The molecule has 0 radical (unpaired) electrons. The van der Waals surface area contributed by atoms with Crippen molar-refractivity contribution in [2.45, 2.75) is 26.3 Å². The molecule has 1 aromatic rings. The zero-order chi connectivity index (χ0) is 13.7. The van der Waals surface area contributed by atoms with E-state index in [1.54, 1.807) is 7.11 Å². The number of nitrogens with zero attached hydrogens (tertiary/aromatic N) is 2. The van der Waals surface area contributed by atoms with Crippen molar-refractivity contribution >= 4 is 11.6 Å². The van der Waals surface area contributed by atoms with E-state index in [1.165, 1.54) is 0 Å². The lowest BCUT2D eigenvalue weighted by Gasteiger charge is -2.20. The molecule has 0 N–H and O–H groups in total. The molecule has 0 aliphatic heterocycles. The molecular weight excluding hydrogens is 248 g/mol. The fraction of sp³-hybridized carbons (Fsp3) is 0.500. The number of aryl methyl sites for hydroxylation is 1. The van der Waals surface area contributed by atoms with Gasteiger partial charge in [-0.15, -0.1) is 0 Å². The minimum Gasteiger partial charge on any atom is -0.496 e. The molecule has 1 rings (SSSR count). The average molecular weight is 267 g/mol. The maximum Gasteiger partial charge on any atom is 0.125 e. The number of likely N-dealkylation sites (N-methyl/N-ethyl adjacent to an activating group) is 1. The first-order valence-electron chi connectivity index (χ1n) is 5.92. The Balaban J connectivity index is 2.82. The number of hydrogen-bond donors (Lipinski definition) is 0. The van der Waals surface area contributed by atoms with Crippen LogP contribution < -0.4 is 4.74 Å². The highest BCUT2D eigenvalue weighted by Crippen LogP contribution is 2.28. The number of ether oxygens (including phenoxy) is 1. The Labute approximate surface area is 114 Å². The van der Waals surface area contributed by atoms with Gasteiger partial charge in [-0.05, 0) is 50.6 Å². The van der Waals surface area contributed by atoms with E-state index in [0.717, 1.165) is 34.9 Å². The molecule has 1 aromatic carbocycles. The van der Waals surface area contributed by atoms with Crippen molar-refractivity contribution in [3.8, 4) is 11.8 Å². The van der Waals surface area contributed by atoms with E-state index >= 15 is 0 Å². The van der Waals surface area contributed by atoms with Gasteiger partial charge in [0.1, 0.15) is 5.75 Å². The van der Waals surface area contributed by atoms with E-state index in [0.29, 0.717) is 0 Å². The van der Waals surface area contributed by atoms with Gasteiger partial charge < -0.3 is 4.74 Å². The third-order valence-electron chi connectivity index (χ3n) is 3.10. The first-order valence-corrected chi connectivity index (χ1v) is 6.30. The molecule has 0 saturated carbocycles. The van der Waals surface area contributed by atoms with Crippen LogP contribution in [0.4, 0.5) is 0 Å². The molecule has 0 spiro atoms. The van der Waals surface area contributed by atoms with Gasteiger partial charge in [-0.3, -0.25) is 4.90 Å². The average Bonchev–Trinajstić information content (AvgIpc) is 2.34. The van der Waals surface area contributed by atoms with Gasteiger partial charge in [0.05, 0.1) is 19.2 Å². The predicted octanol–water partition coefficient (Wildman–Crippen LogP) is 3.04. The van der Waals surface area contributed by atoms with E-state index in [9.17, 15) is 0 Å². The van der Waals surface area contributed by atoms with Gasteiger partial charge in [-0.1, -0.05) is 11.6 Å². The maximum atomic E-state index is 8.85. The van der Waals surface area contributed by atoms with Crippen molar-refractivity contribution in [1.82, 2.24) is 4.90 Å². The molecule has 0 aliphatic carbocycles. The second-order valence-corrected chi connectivity index (χ2v) is 4.89. The van der Waals surface area contributed by atoms with Crippen LogP contribution in [0.1, 0.15) is 18.1 Å². The Morgan fingerprint density at radius 3 is 2.72 bits per heavy atom. The molecule has 0 amide bonds. The summed E-state index contributed by atoms with van der Waals surface area (Å²) in [7, 11) is 3.61. The highest BCUT2D eigenvalue weighted by molar-refractivity contribution is 6.30. The molecule has 0 fully saturated rings. The molecule has 0 aromatic heterocycles. The molecule has 1 unspecified atom stereocenters. The molecule has 3 nitrogen and oxygen atoms in total. The van der Waals surface area contributed by atoms with Crippen molar-refractivity contribution in [3.05, 3.63) is 28.3 Å². The summed E-state index contributed by atoms with van der Waals surface area (Å²) in [5.74, 6) is 0.886. The number of nitriles is 1. The minimum absolute atomic E-state index is 0.0868. The third kappa shape index (κ3) is 3.63. The highest BCUT2D eigenvalue weighted by atomic mass is 35.5. The lowest BCUT2D eigenvalue weighted by Crippen LogP contribution is -2.29. The van der Waals surface area contributed by atoms with Crippen LogP contribution in [0.25, 0.3) is 0 Å². The molecular formula is C14H19ClN2O.